The standard InChI is InChI=1S/C17H13Cl2NO.C16H10Cl2N2O.C15H9Cl2N3O.C14H10Cl2N4O.4C7H16O.3C6H14O3S/c18-13-5-8-16(19)15(11-13)17(21)12-3-6-14(7-4-12)20-9-1-2-10-20;17-12-3-6-15(18)14(9-12)16(21)11-1-4-13(5-2-11)20-8-7-19-10-20;16-11-3-6-14(17)13(7-11)15(21)10-1-4-12(5-2-10)20-9-18-8-19-20;15-10-3-6-13(16)12(7-10)14(21)9-1-4-11(5-2-9)20-18-8-17-19-20;4*1-5-8-6-7(2,3)4;3*1-6(2,3)5-8-10-9-7-4/h1-10,15H,11H2;1-10H;1-9H;1-6,8,12H,7H2;4*5-6H2,1-4H3;3*5H2,1-4H3. The maximum Gasteiger partial charge on any atom is 0.194 e. The van der Waals surface area contributed by atoms with Crippen molar-refractivity contribution in [3.8, 4) is 22.7 Å². The number of ether oxygens (including phenoxy) is 4. The van der Waals surface area contributed by atoms with Gasteiger partial charge in [-0.05, 0) is 254 Å². The third-order valence-electron chi connectivity index (χ3n) is 17.7. The van der Waals surface area contributed by atoms with Crippen molar-refractivity contribution in [3.63, 3.8) is 0 Å². The molecule has 0 aliphatic heterocycles. The molecule has 0 saturated heterocycles. The first-order chi connectivity index (χ1) is 68.5. The third-order valence-corrected chi connectivity index (χ3v) is 21.4. The lowest BCUT2D eigenvalue weighted by Gasteiger charge is -2.18. The summed E-state index contributed by atoms with van der Waals surface area (Å²) in [5.74, 6) is -1.17. The van der Waals surface area contributed by atoms with Crippen molar-refractivity contribution in [1.29, 1.82) is 0 Å². The van der Waals surface area contributed by atoms with Gasteiger partial charge in [-0.3, -0.25) is 31.7 Å². The number of rotatable bonds is 32. The second-order valence-electron chi connectivity index (χ2n) is 40.5. The van der Waals surface area contributed by atoms with Crippen molar-refractivity contribution < 1.29 is 78.3 Å². The van der Waals surface area contributed by atoms with Gasteiger partial charge in [0.15, 0.2) is 66.4 Å². The summed E-state index contributed by atoms with van der Waals surface area (Å²) in [6.45, 7) is 61.6. The maximum atomic E-state index is 12.5. The third kappa shape index (κ3) is 61.7. The molecule has 0 saturated carbocycles. The highest BCUT2D eigenvalue weighted by molar-refractivity contribution is 7.90. The molecular formula is C108H148Cl8N10O17S3. The minimum atomic E-state index is -0.417. The molecule has 4 aromatic heterocycles. The average Bonchev–Trinajstić information content (AvgIpc) is 1.16. The Balaban J connectivity index is 0.000000557. The molecule has 38 heteroatoms. The average molecular weight is 2240 g/mol. The van der Waals surface area contributed by atoms with Crippen molar-refractivity contribution in [3.05, 3.63) is 294 Å². The fourth-order valence-corrected chi connectivity index (χ4v) is 14.0. The zero-order valence-corrected chi connectivity index (χ0v) is 97.8. The number of allylic oxidation sites excluding steroid dienone is 8. The smallest absolute Gasteiger partial charge is 0.194 e. The number of hydrogen-bond acceptors (Lipinski definition) is 26. The van der Waals surface area contributed by atoms with E-state index in [1.807, 2.05) is 104 Å². The Morgan fingerprint density at radius 2 is 0.692 bits per heavy atom. The Morgan fingerprint density at radius 1 is 0.363 bits per heavy atom. The lowest BCUT2D eigenvalue weighted by molar-refractivity contribution is -0.167. The molecule has 4 heterocycles. The lowest BCUT2D eigenvalue weighted by Crippen LogP contribution is -2.17. The number of benzene rings is 6. The van der Waals surface area contributed by atoms with Gasteiger partial charge in [0.25, 0.3) is 0 Å². The summed E-state index contributed by atoms with van der Waals surface area (Å²) < 4.78 is 54.5. The van der Waals surface area contributed by atoms with Gasteiger partial charge in [-0.15, -0.1) is 28.0 Å². The van der Waals surface area contributed by atoms with Crippen LogP contribution in [0.5, 0.6) is 0 Å². The van der Waals surface area contributed by atoms with Gasteiger partial charge in [-0.1, -0.05) is 238 Å². The van der Waals surface area contributed by atoms with E-state index >= 15 is 0 Å². The second kappa shape index (κ2) is 71.4. The molecule has 2 atom stereocenters. The van der Waals surface area contributed by atoms with E-state index in [9.17, 15) is 19.2 Å². The van der Waals surface area contributed by atoms with E-state index in [0.717, 1.165) is 113 Å². The van der Waals surface area contributed by atoms with Gasteiger partial charge < -0.3 is 28.1 Å². The fraction of sp³-hybridized carbons (Fsp3) is 0.463. The van der Waals surface area contributed by atoms with E-state index in [-0.39, 0.29) is 45.3 Å². The van der Waals surface area contributed by atoms with Crippen LogP contribution in [-0.4, -0.2) is 166 Å². The minimum Gasteiger partial charge on any atom is -0.381 e. The van der Waals surface area contributed by atoms with Crippen LogP contribution < -0.4 is 0 Å². The lowest BCUT2D eigenvalue weighted by atomic mass is 9.91. The number of nitrogens with zero attached hydrogens (tertiary/aromatic N) is 10. The Kier molecular flexibility index (Phi) is 65.8. The van der Waals surface area contributed by atoms with E-state index in [0.29, 0.717) is 128 Å². The molecule has 10 aromatic rings. The number of carbonyl (C=O) groups is 4. The molecule has 0 radical (unpaired) electrons. The summed E-state index contributed by atoms with van der Waals surface area (Å²) in [6, 6.07) is 42.3. The Morgan fingerprint density at radius 3 is 0.979 bits per heavy atom. The largest absolute Gasteiger partial charge is 0.381 e. The first kappa shape index (κ1) is 135. The van der Waals surface area contributed by atoms with Crippen molar-refractivity contribution in [1.82, 2.24) is 49.1 Å². The van der Waals surface area contributed by atoms with Crippen LogP contribution in [0.4, 0.5) is 0 Å². The molecule has 0 spiro atoms. The van der Waals surface area contributed by atoms with Crippen LogP contribution in [0.1, 0.15) is 238 Å². The van der Waals surface area contributed by atoms with Gasteiger partial charge in [0.2, 0.25) is 0 Å². The molecule has 0 amide bonds. The molecule has 0 N–H and O–H groups in total. The van der Waals surface area contributed by atoms with Crippen molar-refractivity contribution in [2.75, 3.05) is 94.0 Å². The van der Waals surface area contributed by atoms with Crippen molar-refractivity contribution in [2.45, 2.75) is 186 Å². The number of halogens is 8. The summed E-state index contributed by atoms with van der Waals surface area (Å²) in [5.41, 5.74) is 8.42. The zero-order chi connectivity index (χ0) is 110. The van der Waals surface area contributed by atoms with Crippen LogP contribution in [0.2, 0.25) is 20.1 Å². The van der Waals surface area contributed by atoms with Crippen LogP contribution >= 0.6 is 130 Å². The quantitative estimate of drug-likeness (QED) is 0.0124. The molecule has 806 valence electrons. The number of Topliss-reactive ketones (excluding diaryl/α,β-unsaturated/α-hetero) is 2. The molecule has 2 unspecified atom stereocenters. The molecule has 0 bridgehead atoms. The summed E-state index contributed by atoms with van der Waals surface area (Å²) in [5, 5.41) is 19.4. The van der Waals surface area contributed by atoms with Crippen LogP contribution in [0.15, 0.2) is 240 Å². The van der Waals surface area contributed by atoms with Crippen LogP contribution in [0.3, 0.4) is 0 Å². The fourth-order valence-electron chi connectivity index (χ4n) is 10.8. The van der Waals surface area contributed by atoms with Gasteiger partial charge in [0.05, 0.1) is 107 Å². The first-order valence-corrected chi connectivity index (χ1v) is 51.9. The topological polar surface area (TPSA) is 285 Å². The Labute approximate surface area is 919 Å². The van der Waals surface area contributed by atoms with Gasteiger partial charge in [0, 0.05) is 126 Å². The molecule has 0 fully saturated rings. The highest BCUT2D eigenvalue weighted by Crippen LogP contribution is 2.36. The van der Waals surface area contributed by atoms with Gasteiger partial charge in [0.1, 0.15) is 12.7 Å². The molecule has 12 rings (SSSR count). The van der Waals surface area contributed by atoms with E-state index < -0.39 is 5.92 Å². The molecule has 2 aliphatic carbocycles. The molecule has 146 heavy (non-hydrogen) atoms. The molecular weight excluding hydrogens is 2090 g/mol. The van der Waals surface area contributed by atoms with Gasteiger partial charge in [-0.25, -0.2) is 29.3 Å². The molecule has 6 aromatic carbocycles. The summed E-state index contributed by atoms with van der Waals surface area (Å²) in [7, 11) is 4.31. The van der Waals surface area contributed by atoms with E-state index in [1.54, 1.807) is 145 Å². The zero-order valence-electron chi connectivity index (χ0n) is 89.3. The Bertz CT molecular complexity index is 5020. The number of tetrazole rings is 1. The molecule has 27 nitrogen and oxygen atoms in total. The number of hydrogen-bond donors (Lipinski definition) is 0. The SMILES string of the molecule is CCOCC(C)(C)C.CCOCC(C)(C)C.CCOCC(C)(C)C.CCOCC(C)(C)C.COOSOCC(C)(C)C.COOSOCC(C)(C)C.COOSOCC(C)(C)C.O=C(c1ccc(-n2cccc2)cc1)C1CC(Cl)=CC=C1Cl.O=C(c1ccc(-n2ccnc2)cc1)c1cc(Cl)ccc1Cl.O=C(c1ccc(-n2cncn2)cc1)c1cc(Cl)ccc1Cl.O=C(c1ccc(-n2ncnn2)cc1)C1CC(Cl)=CC=C1Cl. The number of aromatic nitrogens is 10. The van der Waals surface area contributed by atoms with Crippen LogP contribution in [0, 0.1) is 49.7 Å². The normalized spacial score (nSPS) is 13.3. The van der Waals surface area contributed by atoms with E-state index in [2.05, 4.69) is 204 Å². The summed E-state index contributed by atoms with van der Waals surface area (Å²) >= 11 is 50.7. The highest BCUT2D eigenvalue weighted by atomic mass is 35.5. The predicted octanol–water partition coefficient (Wildman–Crippen LogP) is 31.1. The number of carbonyl (C=O) groups excluding carboxylic acids is 4. The van der Waals surface area contributed by atoms with Crippen molar-refractivity contribution >= 4 is 153 Å². The first-order valence-electron chi connectivity index (χ1n) is 46.9. The highest BCUT2D eigenvalue weighted by Gasteiger charge is 2.29. The van der Waals surface area contributed by atoms with Crippen LogP contribution in [0.25, 0.3) is 22.7 Å². The number of imidazole rings is 1. The van der Waals surface area contributed by atoms with Crippen molar-refractivity contribution in [2.24, 2.45) is 49.7 Å². The number of ketones is 4. The van der Waals surface area contributed by atoms with Gasteiger partial charge in [-0.2, -0.15) is 5.10 Å². The minimum absolute atomic E-state index is 0.00144. The Hall–Kier alpha value is -7.49. The molecule has 2 aliphatic rings. The van der Waals surface area contributed by atoms with E-state index in [4.69, 9.17) is 124 Å². The van der Waals surface area contributed by atoms with Crippen LogP contribution in [-0.2, 0) is 59.2 Å². The summed E-state index contributed by atoms with van der Waals surface area (Å²) in [6.07, 6.45) is 21.3. The monoisotopic (exact) mass is 2230 g/mol. The van der Waals surface area contributed by atoms with E-state index in [1.165, 1.54) is 38.8 Å². The maximum absolute atomic E-state index is 12.5. The summed E-state index contributed by atoms with van der Waals surface area (Å²) in [4.78, 5) is 72.0. The second-order valence-corrected chi connectivity index (χ2v) is 45.5. The predicted molar refractivity (Wildman–Crippen MR) is 597 cm³/mol. The van der Waals surface area contributed by atoms with Gasteiger partial charge >= 0.3 is 0 Å².